The molecule has 0 aliphatic carbocycles. The van der Waals surface area contributed by atoms with Gasteiger partial charge in [-0.05, 0) is 61.1 Å². The molecule has 0 unspecified atom stereocenters. The largest absolute Gasteiger partial charge is 0.325 e. The van der Waals surface area contributed by atoms with Gasteiger partial charge in [-0.15, -0.1) is 0 Å². The highest BCUT2D eigenvalue weighted by atomic mass is 32.2. The van der Waals surface area contributed by atoms with Gasteiger partial charge in [-0.25, -0.2) is 8.42 Å². The minimum Gasteiger partial charge on any atom is -0.325 e. The van der Waals surface area contributed by atoms with E-state index in [9.17, 15) is 13.2 Å². The Morgan fingerprint density at radius 2 is 1.77 bits per heavy atom. The highest BCUT2D eigenvalue weighted by Gasteiger charge is 2.32. The molecule has 0 atom stereocenters. The molecule has 1 aliphatic heterocycles. The maximum atomic E-state index is 12.9. The number of hydrogen-bond donors (Lipinski definition) is 1. The Labute approximate surface area is 178 Å². The molecule has 2 aromatic carbocycles. The lowest BCUT2D eigenvalue weighted by Crippen LogP contribution is -2.41. The molecule has 158 valence electrons. The van der Waals surface area contributed by atoms with Crippen LogP contribution < -0.4 is 5.32 Å². The number of para-hydroxylation sites is 1. The predicted molar refractivity (Wildman–Crippen MR) is 117 cm³/mol. The first-order valence-electron chi connectivity index (χ1n) is 10.1. The highest BCUT2D eigenvalue weighted by molar-refractivity contribution is 7.89. The molecule has 0 radical (unpaired) electrons. The Hall–Kier alpha value is -2.69. The van der Waals surface area contributed by atoms with Gasteiger partial charge in [0.05, 0.1) is 16.5 Å². The maximum Gasteiger partial charge on any atom is 0.243 e. The second-order valence-electron chi connectivity index (χ2n) is 8.00. The first-order chi connectivity index (χ1) is 14.2. The van der Waals surface area contributed by atoms with Crippen LogP contribution in [0, 0.1) is 24.2 Å². The first kappa shape index (κ1) is 22.0. The molecule has 3 rings (SSSR count). The lowest BCUT2D eigenvalue weighted by atomic mass is 9.95. The fourth-order valence-electron chi connectivity index (χ4n) is 3.78. The van der Waals surface area contributed by atoms with E-state index in [1.165, 1.54) is 28.6 Å². The first-order valence-corrected chi connectivity index (χ1v) is 11.6. The number of carbonyl (C=O) groups excluding carboxylic acids is 1. The normalized spacial score (nSPS) is 15.7. The number of piperidine rings is 1. The summed E-state index contributed by atoms with van der Waals surface area (Å²) in [5.74, 6) is 0.0123. The number of rotatable bonds is 5. The van der Waals surface area contributed by atoms with Crippen molar-refractivity contribution in [2.75, 3.05) is 18.4 Å². The molecular weight excluding hydrogens is 398 g/mol. The van der Waals surface area contributed by atoms with Crippen molar-refractivity contribution < 1.29 is 13.2 Å². The van der Waals surface area contributed by atoms with Gasteiger partial charge in [-0.2, -0.15) is 9.57 Å². The average molecular weight is 426 g/mol. The van der Waals surface area contributed by atoms with Crippen molar-refractivity contribution in [1.82, 2.24) is 4.31 Å². The van der Waals surface area contributed by atoms with Crippen molar-refractivity contribution in [2.45, 2.75) is 44.4 Å². The van der Waals surface area contributed by atoms with E-state index in [1.807, 2.05) is 31.2 Å². The van der Waals surface area contributed by atoms with E-state index in [0.29, 0.717) is 37.4 Å². The van der Waals surface area contributed by atoms with Crippen LogP contribution in [0.4, 0.5) is 5.69 Å². The molecule has 6 nitrogen and oxygen atoms in total. The van der Waals surface area contributed by atoms with Gasteiger partial charge in [0, 0.05) is 24.7 Å². The molecule has 30 heavy (non-hydrogen) atoms. The molecule has 0 spiro atoms. The van der Waals surface area contributed by atoms with Gasteiger partial charge in [-0.3, -0.25) is 4.79 Å². The number of nitriles is 1. The van der Waals surface area contributed by atoms with E-state index < -0.39 is 10.0 Å². The summed E-state index contributed by atoms with van der Waals surface area (Å²) in [5, 5.41) is 12.0. The molecule has 0 saturated carbocycles. The van der Waals surface area contributed by atoms with E-state index in [4.69, 9.17) is 5.26 Å². The van der Waals surface area contributed by atoms with Crippen molar-refractivity contribution >= 4 is 21.6 Å². The van der Waals surface area contributed by atoms with Crippen LogP contribution in [0.15, 0.2) is 47.4 Å². The summed E-state index contributed by atoms with van der Waals surface area (Å²) in [4.78, 5) is 13.1. The maximum absolute atomic E-state index is 12.9. The topological polar surface area (TPSA) is 90.3 Å². The van der Waals surface area contributed by atoms with Gasteiger partial charge < -0.3 is 5.32 Å². The summed E-state index contributed by atoms with van der Waals surface area (Å²) < 4.78 is 27.1. The lowest BCUT2D eigenvalue weighted by Gasteiger charge is -2.31. The Morgan fingerprint density at radius 1 is 1.13 bits per heavy atom. The number of carbonyl (C=O) groups is 1. The van der Waals surface area contributed by atoms with Gasteiger partial charge in [-0.1, -0.05) is 32.0 Å². The summed E-state index contributed by atoms with van der Waals surface area (Å²) in [6.45, 7) is 6.76. The van der Waals surface area contributed by atoms with Gasteiger partial charge in [0.1, 0.15) is 0 Å². The molecule has 1 fully saturated rings. The summed E-state index contributed by atoms with van der Waals surface area (Å²) >= 11 is 0. The molecule has 7 heteroatoms. The van der Waals surface area contributed by atoms with Crippen molar-refractivity contribution in [3.8, 4) is 6.07 Å². The quantitative estimate of drug-likeness (QED) is 0.783. The van der Waals surface area contributed by atoms with Crippen LogP contribution in [0.3, 0.4) is 0 Å². The van der Waals surface area contributed by atoms with E-state index in [1.54, 1.807) is 0 Å². The van der Waals surface area contributed by atoms with Crippen molar-refractivity contribution in [3.05, 3.63) is 59.2 Å². The Morgan fingerprint density at radius 3 is 2.33 bits per heavy atom. The van der Waals surface area contributed by atoms with E-state index in [-0.39, 0.29) is 16.7 Å². The number of nitrogens with zero attached hydrogens (tertiary/aromatic N) is 2. The van der Waals surface area contributed by atoms with Crippen molar-refractivity contribution in [2.24, 2.45) is 5.92 Å². The summed E-state index contributed by atoms with van der Waals surface area (Å²) in [7, 11) is -3.63. The van der Waals surface area contributed by atoms with Gasteiger partial charge in [0.25, 0.3) is 0 Å². The van der Waals surface area contributed by atoms with E-state index in [0.717, 1.165) is 16.8 Å². The molecule has 1 amide bonds. The summed E-state index contributed by atoms with van der Waals surface area (Å²) in [6.07, 6.45) is 0.953. The fraction of sp³-hybridized carbons (Fsp3) is 0.391. The second kappa shape index (κ2) is 8.99. The van der Waals surface area contributed by atoms with Crippen molar-refractivity contribution in [3.63, 3.8) is 0 Å². The molecule has 0 aromatic heterocycles. The second-order valence-corrected chi connectivity index (χ2v) is 9.94. The van der Waals surface area contributed by atoms with Gasteiger partial charge in [0.15, 0.2) is 0 Å². The molecular formula is C23H27N3O3S. The molecule has 1 N–H and O–H groups in total. The standard InChI is InChI=1S/C23H27N3O3S/c1-16(2)21-6-4-5-17(3)22(21)25-23(27)19-11-13-26(14-12-19)30(28,29)20-9-7-18(15-24)8-10-20/h4-10,16,19H,11-14H2,1-3H3,(H,25,27). The minimum atomic E-state index is -3.63. The Kier molecular flexibility index (Phi) is 6.59. The smallest absolute Gasteiger partial charge is 0.243 e. The van der Waals surface area contributed by atoms with Crippen molar-refractivity contribution in [1.29, 1.82) is 5.26 Å². The van der Waals surface area contributed by atoms with Crippen LogP contribution in [0.1, 0.15) is 49.3 Å². The third-order valence-corrected chi connectivity index (χ3v) is 7.53. The van der Waals surface area contributed by atoms with E-state index in [2.05, 4.69) is 19.2 Å². The molecule has 2 aromatic rings. The zero-order valence-electron chi connectivity index (χ0n) is 17.6. The zero-order valence-corrected chi connectivity index (χ0v) is 18.4. The number of amides is 1. The lowest BCUT2D eigenvalue weighted by molar-refractivity contribution is -0.120. The zero-order chi connectivity index (χ0) is 21.9. The third-order valence-electron chi connectivity index (χ3n) is 5.62. The average Bonchev–Trinajstić information content (AvgIpc) is 2.75. The third kappa shape index (κ3) is 4.55. The van der Waals surface area contributed by atoms with E-state index >= 15 is 0 Å². The number of nitrogens with one attached hydrogen (secondary N) is 1. The number of benzene rings is 2. The fourth-order valence-corrected chi connectivity index (χ4v) is 5.25. The van der Waals surface area contributed by atoms with Crippen LogP contribution in [0.2, 0.25) is 0 Å². The summed E-state index contributed by atoms with van der Waals surface area (Å²) in [6, 6.07) is 13.9. The van der Waals surface area contributed by atoms with Crippen LogP contribution in [0.5, 0.6) is 0 Å². The SMILES string of the molecule is Cc1cccc(C(C)C)c1NC(=O)C1CCN(S(=O)(=O)c2ccc(C#N)cc2)CC1. The molecule has 1 saturated heterocycles. The highest BCUT2D eigenvalue weighted by Crippen LogP contribution is 2.30. The van der Waals surface area contributed by atoms with Crippen LogP contribution in [0.25, 0.3) is 0 Å². The van der Waals surface area contributed by atoms with Gasteiger partial charge in [0.2, 0.25) is 15.9 Å². The van der Waals surface area contributed by atoms with Gasteiger partial charge >= 0.3 is 0 Å². The van der Waals surface area contributed by atoms with Crippen LogP contribution in [-0.2, 0) is 14.8 Å². The number of sulfonamides is 1. The van der Waals surface area contributed by atoms with Crippen LogP contribution >= 0.6 is 0 Å². The molecule has 1 aliphatic rings. The Balaban J connectivity index is 1.67. The Bertz CT molecular complexity index is 1060. The minimum absolute atomic E-state index is 0.0541. The molecule has 0 bridgehead atoms. The van der Waals surface area contributed by atoms with Crippen LogP contribution in [-0.4, -0.2) is 31.7 Å². The number of hydrogen-bond acceptors (Lipinski definition) is 4. The predicted octanol–water partition coefficient (Wildman–Crippen LogP) is 4.03. The number of anilines is 1. The molecule has 1 heterocycles. The summed E-state index contributed by atoms with van der Waals surface area (Å²) in [5.41, 5.74) is 3.41. The number of aryl methyl sites for hydroxylation is 1. The monoisotopic (exact) mass is 425 g/mol.